The zero-order valence-corrected chi connectivity index (χ0v) is 12.3. The predicted molar refractivity (Wildman–Crippen MR) is 70.6 cm³/mol. The molecule has 0 fully saturated rings. The molecule has 0 bridgehead atoms. The number of sulfonamides is 1. The van der Waals surface area contributed by atoms with E-state index in [9.17, 15) is 17.6 Å². The van der Waals surface area contributed by atoms with Crippen molar-refractivity contribution in [3.63, 3.8) is 0 Å². The van der Waals surface area contributed by atoms with E-state index in [4.69, 9.17) is 10.2 Å². The van der Waals surface area contributed by atoms with Crippen LogP contribution < -0.4 is 4.72 Å². The number of hydrogen-bond acceptors (Lipinski definition) is 6. The van der Waals surface area contributed by atoms with Gasteiger partial charge in [-0.3, -0.25) is 0 Å². The van der Waals surface area contributed by atoms with Crippen LogP contribution in [0.15, 0.2) is 23.1 Å². The highest BCUT2D eigenvalue weighted by Crippen LogP contribution is 2.20. The third-order valence-electron chi connectivity index (χ3n) is 2.72. The minimum absolute atomic E-state index is 0.357. The molecule has 118 valence electrons. The van der Waals surface area contributed by atoms with E-state index in [0.29, 0.717) is 6.07 Å². The Labute approximate surface area is 121 Å². The molecule has 0 spiro atoms. The maximum atomic E-state index is 13.3. The summed E-state index contributed by atoms with van der Waals surface area (Å²) in [5.41, 5.74) is -1.91. The van der Waals surface area contributed by atoms with Crippen LogP contribution in [0.5, 0.6) is 0 Å². The fourth-order valence-electron chi connectivity index (χ4n) is 1.49. The van der Waals surface area contributed by atoms with Gasteiger partial charge in [-0.15, -0.1) is 0 Å². The lowest BCUT2D eigenvalue weighted by Crippen LogP contribution is -2.51. The monoisotopic (exact) mass is 321 g/mol. The smallest absolute Gasteiger partial charge is 0.339 e. The standard InChI is InChI=1S/C12H16FNO6S/c1-12(6-15,7-16)14-21(18,19)10-5-8(13)3-4-9(10)11(17)20-2/h3-5,14-16H,6-7H2,1-2H3. The highest BCUT2D eigenvalue weighted by atomic mass is 32.2. The van der Waals surface area contributed by atoms with Crippen LogP contribution in [-0.2, 0) is 14.8 Å². The van der Waals surface area contributed by atoms with E-state index in [1.807, 2.05) is 4.72 Å². The number of carbonyl (C=O) groups is 1. The summed E-state index contributed by atoms with van der Waals surface area (Å²) in [6, 6.07) is 2.55. The molecule has 0 aliphatic carbocycles. The Balaban J connectivity index is 3.37. The maximum Gasteiger partial charge on any atom is 0.339 e. The molecule has 0 heterocycles. The SMILES string of the molecule is COC(=O)c1ccc(F)cc1S(=O)(=O)NC(C)(CO)CO. The Kier molecular flexibility index (Phi) is 5.40. The van der Waals surface area contributed by atoms with Gasteiger partial charge in [0.25, 0.3) is 0 Å². The first-order valence-electron chi connectivity index (χ1n) is 5.82. The van der Waals surface area contributed by atoms with Crippen molar-refractivity contribution in [1.82, 2.24) is 4.72 Å². The second-order valence-corrected chi connectivity index (χ2v) is 6.27. The van der Waals surface area contributed by atoms with Gasteiger partial charge in [-0.25, -0.2) is 22.3 Å². The summed E-state index contributed by atoms with van der Waals surface area (Å²) in [6.07, 6.45) is 0. The first kappa shape index (κ1) is 17.5. The maximum absolute atomic E-state index is 13.3. The van der Waals surface area contributed by atoms with Crippen molar-refractivity contribution in [2.45, 2.75) is 17.4 Å². The van der Waals surface area contributed by atoms with E-state index in [1.165, 1.54) is 6.92 Å². The molecule has 21 heavy (non-hydrogen) atoms. The summed E-state index contributed by atoms with van der Waals surface area (Å²) in [4.78, 5) is 10.9. The lowest BCUT2D eigenvalue weighted by Gasteiger charge is -2.26. The highest BCUT2D eigenvalue weighted by Gasteiger charge is 2.32. The second kappa shape index (κ2) is 6.48. The van der Waals surface area contributed by atoms with Crippen LogP contribution in [0.1, 0.15) is 17.3 Å². The van der Waals surface area contributed by atoms with Crippen LogP contribution in [0.3, 0.4) is 0 Å². The largest absolute Gasteiger partial charge is 0.465 e. The molecule has 0 saturated carbocycles. The van der Waals surface area contributed by atoms with Gasteiger partial charge in [0, 0.05) is 0 Å². The minimum Gasteiger partial charge on any atom is -0.465 e. The summed E-state index contributed by atoms with van der Waals surface area (Å²) in [5.74, 6) is -1.82. The highest BCUT2D eigenvalue weighted by molar-refractivity contribution is 7.89. The predicted octanol–water partition coefficient (Wildman–Crippen LogP) is -0.366. The summed E-state index contributed by atoms with van der Waals surface area (Å²) in [6.45, 7) is -0.126. The van der Waals surface area contributed by atoms with Crippen molar-refractivity contribution in [2.75, 3.05) is 20.3 Å². The van der Waals surface area contributed by atoms with E-state index >= 15 is 0 Å². The van der Waals surface area contributed by atoms with Gasteiger partial charge in [0.05, 0.1) is 36.3 Å². The number of ether oxygens (including phenoxy) is 1. The van der Waals surface area contributed by atoms with Crippen molar-refractivity contribution in [2.24, 2.45) is 0 Å². The van der Waals surface area contributed by atoms with Gasteiger partial charge in [0.1, 0.15) is 5.82 Å². The van der Waals surface area contributed by atoms with Gasteiger partial charge < -0.3 is 14.9 Å². The second-order valence-electron chi connectivity index (χ2n) is 4.61. The number of aliphatic hydroxyl groups excluding tert-OH is 2. The molecule has 0 unspecified atom stereocenters. The van der Waals surface area contributed by atoms with Crippen LogP contribution in [0.4, 0.5) is 4.39 Å². The van der Waals surface area contributed by atoms with Gasteiger partial charge in [-0.1, -0.05) is 0 Å². The molecule has 0 radical (unpaired) electrons. The fourth-order valence-corrected chi connectivity index (χ4v) is 3.09. The third-order valence-corrected chi connectivity index (χ3v) is 4.40. The van der Waals surface area contributed by atoms with Crippen LogP contribution in [-0.4, -0.2) is 50.5 Å². The van der Waals surface area contributed by atoms with Crippen molar-refractivity contribution in [1.29, 1.82) is 0 Å². The number of benzene rings is 1. The molecule has 0 saturated heterocycles. The number of aliphatic hydroxyl groups is 2. The number of hydrogen-bond donors (Lipinski definition) is 3. The van der Waals surface area contributed by atoms with Crippen molar-refractivity contribution < 1.29 is 32.6 Å². The Morgan fingerprint density at radius 3 is 2.43 bits per heavy atom. The molecule has 3 N–H and O–H groups in total. The number of rotatable bonds is 6. The normalized spacial score (nSPS) is 12.2. The van der Waals surface area contributed by atoms with Crippen molar-refractivity contribution in [3.8, 4) is 0 Å². The molecular weight excluding hydrogens is 305 g/mol. The zero-order valence-electron chi connectivity index (χ0n) is 11.5. The summed E-state index contributed by atoms with van der Waals surface area (Å²) < 4.78 is 44.3. The van der Waals surface area contributed by atoms with Crippen LogP contribution in [0, 0.1) is 5.82 Å². The first-order valence-corrected chi connectivity index (χ1v) is 7.31. The molecule has 0 aromatic heterocycles. The molecular formula is C12H16FNO6S. The first-order chi connectivity index (χ1) is 9.69. The Hall–Kier alpha value is -1.55. The molecule has 1 aromatic carbocycles. The zero-order chi connectivity index (χ0) is 16.3. The topological polar surface area (TPSA) is 113 Å². The van der Waals surface area contributed by atoms with Crippen molar-refractivity contribution in [3.05, 3.63) is 29.6 Å². The number of nitrogens with one attached hydrogen (secondary N) is 1. The van der Waals surface area contributed by atoms with E-state index in [-0.39, 0.29) is 5.56 Å². The van der Waals surface area contributed by atoms with Gasteiger partial charge in [-0.05, 0) is 25.1 Å². The van der Waals surface area contributed by atoms with Gasteiger partial charge in [-0.2, -0.15) is 0 Å². The number of esters is 1. The van der Waals surface area contributed by atoms with E-state index < -0.39 is 45.5 Å². The van der Waals surface area contributed by atoms with E-state index in [2.05, 4.69) is 4.74 Å². The van der Waals surface area contributed by atoms with Crippen LogP contribution in [0.25, 0.3) is 0 Å². The van der Waals surface area contributed by atoms with Crippen LogP contribution >= 0.6 is 0 Å². The molecule has 9 heteroatoms. The van der Waals surface area contributed by atoms with Crippen molar-refractivity contribution >= 4 is 16.0 Å². The summed E-state index contributed by atoms with van der Waals surface area (Å²) >= 11 is 0. The minimum atomic E-state index is -4.36. The average Bonchev–Trinajstić information content (AvgIpc) is 2.45. The third kappa shape index (κ3) is 3.97. The Bertz CT molecular complexity index is 627. The average molecular weight is 321 g/mol. The lowest BCUT2D eigenvalue weighted by atomic mass is 10.1. The van der Waals surface area contributed by atoms with E-state index in [1.54, 1.807) is 0 Å². The Morgan fingerprint density at radius 2 is 1.95 bits per heavy atom. The van der Waals surface area contributed by atoms with Crippen LogP contribution in [0.2, 0.25) is 0 Å². The molecule has 7 nitrogen and oxygen atoms in total. The number of halogens is 1. The lowest BCUT2D eigenvalue weighted by molar-refractivity contribution is 0.0596. The molecule has 0 aliphatic heterocycles. The van der Waals surface area contributed by atoms with Gasteiger partial charge in [0.15, 0.2) is 0 Å². The number of methoxy groups -OCH3 is 1. The molecule has 0 amide bonds. The fraction of sp³-hybridized carbons (Fsp3) is 0.417. The quantitative estimate of drug-likeness (QED) is 0.616. The van der Waals surface area contributed by atoms with Gasteiger partial charge in [0.2, 0.25) is 10.0 Å². The molecule has 1 rings (SSSR count). The molecule has 1 aromatic rings. The summed E-state index contributed by atoms with van der Waals surface area (Å²) in [7, 11) is -3.30. The Morgan fingerprint density at radius 1 is 1.38 bits per heavy atom. The molecule has 0 atom stereocenters. The molecule has 0 aliphatic rings. The van der Waals surface area contributed by atoms with Gasteiger partial charge >= 0.3 is 5.97 Å². The number of carbonyl (C=O) groups excluding carboxylic acids is 1. The van der Waals surface area contributed by atoms with E-state index in [0.717, 1.165) is 19.2 Å². The summed E-state index contributed by atoms with van der Waals surface area (Å²) in [5, 5.41) is 18.2.